The summed E-state index contributed by atoms with van der Waals surface area (Å²) in [5, 5.41) is 2.85. The highest BCUT2D eigenvalue weighted by atomic mass is 15.2. The first kappa shape index (κ1) is 48.1. The monoisotopic (exact) mass is 942 g/mol. The molecule has 4 aliphatic heterocycles. The van der Waals surface area contributed by atoms with Crippen LogP contribution in [0, 0.1) is 0 Å². The van der Waals surface area contributed by atoms with Crippen molar-refractivity contribution in [3.05, 3.63) is 189 Å². The van der Waals surface area contributed by atoms with E-state index in [0.29, 0.717) is 0 Å². The van der Waals surface area contributed by atoms with Crippen LogP contribution >= 0.6 is 0 Å². The van der Waals surface area contributed by atoms with Crippen molar-refractivity contribution < 1.29 is 0 Å². The highest BCUT2D eigenvalue weighted by molar-refractivity contribution is 5.85. The fraction of sp³-hybridized carbons (Fsp3) is 0.369. The molecule has 0 aliphatic carbocycles. The third kappa shape index (κ3) is 9.92. The molecule has 0 radical (unpaired) electrons. The molecule has 6 nitrogen and oxygen atoms in total. The molecule has 71 heavy (non-hydrogen) atoms. The molecule has 6 heteroatoms. The summed E-state index contributed by atoms with van der Waals surface area (Å²) in [6.45, 7) is 24.0. The number of anilines is 7. The average Bonchev–Trinajstić information content (AvgIpc) is 3.41. The van der Waals surface area contributed by atoms with E-state index in [2.05, 4.69) is 210 Å². The lowest BCUT2D eigenvalue weighted by atomic mass is 9.86. The Kier molecular flexibility index (Phi) is 14.8. The Morgan fingerprint density at radius 1 is 0.465 bits per heavy atom. The maximum absolute atomic E-state index is 2.66. The number of allylic oxidation sites excluding steroid dienone is 3. The van der Waals surface area contributed by atoms with Gasteiger partial charge in [-0.3, -0.25) is 0 Å². The van der Waals surface area contributed by atoms with Crippen LogP contribution in [0.3, 0.4) is 0 Å². The van der Waals surface area contributed by atoms with E-state index < -0.39 is 0 Å². The van der Waals surface area contributed by atoms with Gasteiger partial charge in [0.05, 0.1) is 0 Å². The van der Waals surface area contributed by atoms with Gasteiger partial charge in [-0.05, 0) is 221 Å². The SMILES string of the molecule is CCN(CC)c1ccc(N(CC)c2ccc(C(/C=C/C=C(/c3ccc(N(CC)c4ccc(N(CC)CC)cc4)cc3)c3cc4c5c(c3)CCCN5CCC4)=c3cc4c5c(c3)CCC[N+]=5CCC4)cc2)cc1. The molecule has 6 aromatic carbocycles. The maximum Gasteiger partial charge on any atom is 0.206 e. The molecule has 0 fully saturated rings. The normalized spacial score (nSPS) is 15.1. The van der Waals surface area contributed by atoms with Gasteiger partial charge in [0.2, 0.25) is 5.36 Å². The zero-order valence-corrected chi connectivity index (χ0v) is 43.7. The van der Waals surface area contributed by atoms with Gasteiger partial charge >= 0.3 is 0 Å². The highest BCUT2D eigenvalue weighted by Gasteiger charge is 2.26. The zero-order chi connectivity index (χ0) is 48.8. The van der Waals surface area contributed by atoms with Crippen LogP contribution in [-0.4, -0.2) is 65.4 Å². The first-order chi connectivity index (χ1) is 34.9. The molecular weight excluding hydrogens is 865 g/mol. The molecule has 4 aliphatic rings. The van der Waals surface area contributed by atoms with Crippen LogP contribution < -0.4 is 39.7 Å². The van der Waals surface area contributed by atoms with Gasteiger partial charge in [-0.15, -0.1) is 0 Å². The number of benzene rings is 6. The van der Waals surface area contributed by atoms with E-state index in [0.717, 1.165) is 65.0 Å². The van der Waals surface area contributed by atoms with Gasteiger partial charge in [-0.2, -0.15) is 0 Å². The average molecular weight is 942 g/mol. The van der Waals surface area contributed by atoms with Gasteiger partial charge in [0.15, 0.2) is 0 Å². The van der Waals surface area contributed by atoms with Gasteiger partial charge in [0.1, 0.15) is 13.1 Å². The summed E-state index contributed by atoms with van der Waals surface area (Å²) in [6.07, 6.45) is 16.7. The molecule has 366 valence electrons. The van der Waals surface area contributed by atoms with Crippen molar-refractivity contribution in [2.45, 2.75) is 92.9 Å². The second-order valence-electron chi connectivity index (χ2n) is 20.0. The van der Waals surface area contributed by atoms with Crippen LogP contribution in [0.2, 0.25) is 0 Å². The third-order valence-electron chi connectivity index (χ3n) is 16.0. The van der Waals surface area contributed by atoms with Crippen molar-refractivity contribution in [2.24, 2.45) is 0 Å². The highest BCUT2D eigenvalue weighted by Crippen LogP contribution is 2.40. The van der Waals surface area contributed by atoms with Crippen molar-refractivity contribution in [3.63, 3.8) is 0 Å². The second-order valence-corrected chi connectivity index (χ2v) is 20.0. The van der Waals surface area contributed by atoms with Crippen LogP contribution in [0.1, 0.15) is 106 Å². The van der Waals surface area contributed by atoms with Crippen molar-refractivity contribution in [1.82, 2.24) is 4.58 Å². The molecule has 0 N–H and O–H groups in total. The maximum atomic E-state index is 2.66. The molecule has 0 atom stereocenters. The van der Waals surface area contributed by atoms with E-state index in [-0.39, 0.29) is 0 Å². The molecule has 0 saturated carbocycles. The fourth-order valence-electron chi connectivity index (χ4n) is 12.4. The van der Waals surface area contributed by atoms with Gasteiger partial charge in [-0.25, -0.2) is 4.58 Å². The van der Waals surface area contributed by atoms with Crippen molar-refractivity contribution in [1.29, 1.82) is 0 Å². The van der Waals surface area contributed by atoms with E-state index in [4.69, 9.17) is 0 Å². The minimum absolute atomic E-state index is 0.892. The second kappa shape index (κ2) is 21.9. The largest absolute Gasteiger partial charge is 0.372 e. The van der Waals surface area contributed by atoms with E-state index >= 15 is 0 Å². The van der Waals surface area contributed by atoms with Crippen LogP contribution in [0.15, 0.2) is 140 Å². The Balaban J connectivity index is 1.06. The number of nitrogens with zero attached hydrogens (tertiary/aromatic N) is 6. The summed E-state index contributed by atoms with van der Waals surface area (Å²) in [5.74, 6) is 0. The van der Waals surface area contributed by atoms with Gasteiger partial charge < -0.3 is 24.5 Å². The Hall–Kier alpha value is -6.53. The number of aryl methyl sites for hydroxylation is 4. The smallest absolute Gasteiger partial charge is 0.206 e. The number of hydrogen-bond donors (Lipinski definition) is 0. The van der Waals surface area contributed by atoms with E-state index in [9.17, 15) is 0 Å². The van der Waals surface area contributed by atoms with E-state index in [1.807, 2.05) is 0 Å². The van der Waals surface area contributed by atoms with Gasteiger partial charge in [0.25, 0.3) is 0 Å². The molecule has 0 amide bonds. The van der Waals surface area contributed by atoms with Crippen LogP contribution in [0.5, 0.6) is 0 Å². The van der Waals surface area contributed by atoms with Crippen molar-refractivity contribution in [3.8, 4) is 0 Å². The molecular formula is C65H77N6+. The molecule has 0 saturated heterocycles. The zero-order valence-electron chi connectivity index (χ0n) is 43.7. The van der Waals surface area contributed by atoms with Crippen LogP contribution in [0.25, 0.3) is 11.1 Å². The predicted molar refractivity (Wildman–Crippen MR) is 306 cm³/mol. The molecule has 0 spiro atoms. The summed E-state index contributed by atoms with van der Waals surface area (Å²) >= 11 is 0. The number of hydrogen-bond acceptors (Lipinski definition) is 5. The van der Waals surface area contributed by atoms with Gasteiger partial charge in [0, 0.05) is 116 Å². The lowest BCUT2D eigenvalue weighted by molar-refractivity contribution is 0.480. The van der Waals surface area contributed by atoms with Gasteiger partial charge in [-0.1, -0.05) is 42.5 Å². The van der Waals surface area contributed by atoms with Crippen LogP contribution in [-0.2, 0) is 25.7 Å². The summed E-state index contributed by atoms with van der Waals surface area (Å²) in [5.41, 5.74) is 21.4. The summed E-state index contributed by atoms with van der Waals surface area (Å²) < 4.78 is 2.66. The van der Waals surface area contributed by atoms with Crippen molar-refractivity contribution >= 4 is 51.0 Å². The molecule has 10 rings (SSSR count). The third-order valence-corrected chi connectivity index (χ3v) is 16.0. The Morgan fingerprint density at radius 3 is 1.34 bits per heavy atom. The van der Waals surface area contributed by atoms with Crippen molar-refractivity contribution in [2.75, 3.05) is 89.9 Å². The minimum atomic E-state index is 0.892. The Bertz CT molecular complexity index is 2920. The van der Waals surface area contributed by atoms with E-state index in [1.165, 1.54) is 152 Å². The minimum Gasteiger partial charge on any atom is -0.372 e. The first-order valence-electron chi connectivity index (χ1n) is 27.4. The Morgan fingerprint density at radius 2 is 0.887 bits per heavy atom. The van der Waals surface area contributed by atoms with Crippen LogP contribution in [0.4, 0.5) is 39.8 Å². The topological polar surface area (TPSA) is 19.2 Å². The summed E-state index contributed by atoms with van der Waals surface area (Å²) in [4.78, 5) is 12.3. The lowest BCUT2D eigenvalue weighted by Crippen LogP contribution is -2.44. The molecule has 0 aromatic heterocycles. The fourth-order valence-corrected chi connectivity index (χ4v) is 12.4. The molecule has 4 heterocycles. The number of rotatable bonds is 17. The Labute approximate surface area is 425 Å². The summed E-state index contributed by atoms with van der Waals surface area (Å²) in [7, 11) is 0. The van der Waals surface area contributed by atoms with E-state index in [1.54, 1.807) is 0 Å². The first-order valence-corrected chi connectivity index (χ1v) is 27.4. The quantitative estimate of drug-likeness (QED) is 0.0668. The molecule has 6 aromatic rings. The molecule has 0 unspecified atom stereocenters. The lowest BCUT2D eigenvalue weighted by Gasteiger charge is -2.37. The summed E-state index contributed by atoms with van der Waals surface area (Å²) in [6, 6.07) is 47.1. The molecule has 0 bridgehead atoms. The predicted octanol–water partition coefficient (Wildman–Crippen LogP) is 12.7. The standard InChI is InChI=1S/C65H77N6/c1-7-66(8-2)56-32-36-60(37-33-56)70(11-5)58-28-24-48(25-29-58)62(54-44-50-18-14-40-68-41-15-19-51(45-54)64(50)68)22-13-23-63(55-46-52-20-16-42-69-43-17-21-53(47-55)65(52)69)49-26-30-59(31-27-49)71(12-6)61-38-34-57(35-39-61)67(9-3)10-4/h13,22-39,44-47H,7-12,14-21,40-43H2,1-6H3/q+1.